The highest BCUT2D eigenvalue weighted by Gasteiger charge is 2.33. The van der Waals surface area contributed by atoms with Gasteiger partial charge in [0.25, 0.3) is 0 Å². The number of carbonyl (C=O) groups is 1. The van der Waals surface area contributed by atoms with Gasteiger partial charge in [0.15, 0.2) is 0 Å². The van der Waals surface area contributed by atoms with Crippen LogP contribution in [0.2, 0.25) is 0 Å². The van der Waals surface area contributed by atoms with Crippen molar-refractivity contribution in [3.63, 3.8) is 0 Å². The maximum Gasteiger partial charge on any atom is 0.236 e. The molecule has 1 amide bonds. The van der Waals surface area contributed by atoms with Crippen LogP contribution in [-0.4, -0.2) is 103 Å². The highest BCUT2D eigenvalue weighted by Crippen LogP contribution is 2.31. The van der Waals surface area contributed by atoms with Crippen molar-refractivity contribution >= 4 is 23.8 Å². The minimum absolute atomic E-state index is 0.0353. The summed E-state index contributed by atoms with van der Waals surface area (Å²) in [5, 5.41) is 25.6. The van der Waals surface area contributed by atoms with Crippen molar-refractivity contribution in [2.45, 2.75) is 71.1 Å². The first-order valence-electron chi connectivity index (χ1n) is 17.4. The number of allylic oxidation sites excluding steroid dienone is 2. The van der Waals surface area contributed by atoms with Gasteiger partial charge in [0.05, 0.1) is 29.9 Å². The number of rotatable bonds is 9. The fraction of sp³-hybridized carbons (Fsp3) is 0.541. The molecule has 260 valence electrons. The lowest BCUT2D eigenvalue weighted by Gasteiger charge is -2.45. The summed E-state index contributed by atoms with van der Waals surface area (Å²) in [4.78, 5) is 27.9. The third-order valence-electron chi connectivity index (χ3n) is 10.1. The van der Waals surface area contributed by atoms with Crippen LogP contribution in [0.1, 0.15) is 63.1 Å². The van der Waals surface area contributed by atoms with Crippen LogP contribution in [0.25, 0.3) is 5.70 Å². The molecule has 1 aliphatic carbocycles. The summed E-state index contributed by atoms with van der Waals surface area (Å²) >= 11 is 0. The molecule has 10 nitrogen and oxygen atoms in total. The Morgan fingerprint density at radius 2 is 1.92 bits per heavy atom. The van der Waals surface area contributed by atoms with E-state index in [1.165, 1.54) is 11.0 Å². The van der Waals surface area contributed by atoms with Gasteiger partial charge >= 0.3 is 0 Å². The summed E-state index contributed by atoms with van der Waals surface area (Å²) in [7, 11) is 0. The molecule has 5 rings (SSSR count). The van der Waals surface area contributed by atoms with Crippen LogP contribution in [0.3, 0.4) is 0 Å². The average molecular weight is 672 g/mol. The lowest BCUT2D eigenvalue weighted by Crippen LogP contribution is -2.62. The highest BCUT2D eigenvalue weighted by molar-refractivity contribution is 5.93. The smallest absolute Gasteiger partial charge is 0.236 e. The van der Waals surface area contributed by atoms with E-state index in [0.717, 1.165) is 57.0 Å². The fourth-order valence-corrected chi connectivity index (χ4v) is 6.89. The van der Waals surface area contributed by atoms with E-state index in [4.69, 9.17) is 10.3 Å². The second kappa shape index (κ2) is 16.9. The number of hydrogen-bond donors (Lipinski definition) is 2. The van der Waals surface area contributed by atoms with Crippen LogP contribution in [0.5, 0.6) is 0 Å². The number of nitrogens with zero attached hydrogens (tertiary/aromatic N) is 7. The van der Waals surface area contributed by atoms with Crippen molar-refractivity contribution in [2.24, 2.45) is 15.9 Å². The summed E-state index contributed by atoms with van der Waals surface area (Å²) < 4.78 is 31.0. The Balaban J connectivity index is 1.29. The minimum atomic E-state index is -1.39. The molecule has 2 N–H and O–H groups in total. The Bertz CT molecular complexity index is 1610. The van der Waals surface area contributed by atoms with Crippen LogP contribution in [0.15, 0.2) is 51.6 Å². The summed E-state index contributed by atoms with van der Waals surface area (Å²) in [5.41, 5.74) is 3.03. The molecule has 3 atom stereocenters. The minimum Gasteiger partial charge on any atom is -0.339 e. The number of hydrogen-bond acceptors (Lipinski definition) is 7. The van der Waals surface area contributed by atoms with Gasteiger partial charge in [-0.2, -0.15) is 10.5 Å². The summed E-state index contributed by atoms with van der Waals surface area (Å²) in [6.07, 6.45) is 8.29. The standard InChI is InChI=1S/C37H47F2N9O/c1-4-25(3)36(27-18-28(21-41)32(33(38)20-27)19-26-11-13-48(24-34(26)39)35(49)10-12-40)45-37(43-5-2)44-29-6-8-30(9-7-29)46-14-16-47(17-15-46)31-22-42-23-31/h5-8,18,20,26,30-31,34,42H,4,9-11,13-17,19,22-24H2,1-3H3,(H,44,45)/b36-25+,43-5-/t26-,30?,34-/m1/s1. The van der Waals surface area contributed by atoms with Crippen LogP contribution in [-0.2, 0) is 11.2 Å². The maximum atomic E-state index is 15.8. The Kier molecular flexibility index (Phi) is 12.5. The number of halogens is 2. The van der Waals surface area contributed by atoms with Crippen LogP contribution in [0.4, 0.5) is 8.78 Å². The number of nitriles is 2. The number of piperazine rings is 1. The molecular formula is C37H47F2N9O. The molecule has 3 heterocycles. The van der Waals surface area contributed by atoms with Gasteiger partial charge in [-0.25, -0.2) is 18.8 Å². The van der Waals surface area contributed by atoms with Gasteiger partial charge in [-0.1, -0.05) is 19.1 Å². The lowest BCUT2D eigenvalue weighted by atomic mass is 9.86. The molecule has 1 aromatic rings. The molecule has 3 aliphatic heterocycles. The highest BCUT2D eigenvalue weighted by atomic mass is 19.1. The monoisotopic (exact) mass is 671 g/mol. The van der Waals surface area contributed by atoms with Gasteiger partial charge in [0.1, 0.15) is 18.4 Å². The predicted molar refractivity (Wildman–Crippen MR) is 188 cm³/mol. The first-order valence-corrected chi connectivity index (χ1v) is 17.4. The molecule has 49 heavy (non-hydrogen) atoms. The van der Waals surface area contributed by atoms with Crippen molar-refractivity contribution in [3.8, 4) is 12.1 Å². The Labute approximate surface area is 288 Å². The number of piperidine rings is 1. The van der Waals surface area contributed by atoms with Crippen LogP contribution in [0, 0.1) is 34.4 Å². The Morgan fingerprint density at radius 3 is 2.51 bits per heavy atom. The van der Waals surface area contributed by atoms with Gasteiger partial charge in [-0.15, -0.1) is 0 Å². The SMILES string of the molecule is C\C=N/C(=N/C(=C(\C)CC)c1cc(F)c(C[C@H]2CCN(C(=O)CC#N)C[C@H]2F)c(C#N)c1)NC1=CCC(N2CCN(C3CNC3)CC2)C=C1. The zero-order valence-corrected chi connectivity index (χ0v) is 28.8. The number of aliphatic imine (C=N–C) groups is 2. The molecule has 0 saturated carbocycles. The summed E-state index contributed by atoms with van der Waals surface area (Å²) in [5.74, 6) is -1.20. The molecule has 1 aromatic carbocycles. The van der Waals surface area contributed by atoms with Crippen LogP contribution >= 0.6 is 0 Å². The van der Waals surface area contributed by atoms with Crippen molar-refractivity contribution in [1.29, 1.82) is 10.5 Å². The quantitative estimate of drug-likeness (QED) is 0.296. The number of alkyl halides is 1. The molecule has 12 heteroatoms. The second-order valence-electron chi connectivity index (χ2n) is 13.2. The molecule has 0 bridgehead atoms. The maximum absolute atomic E-state index is 15.8. The predicted octanol–water partition coefficient (Wildman–Crippen LogP) is 4.32. The van der Waals surface area contributed by atoms with Gasteiger partial charge in [-0.05, 0) is 69.2 Å². The number of carbonyl (C=O) groups excluding carboxylic acids is 1. The van der Waals surface area contributed by atoms with Crippen molar-refractivity contribution in [3.05, 3.63) is 64.1 Å². The second-order valence-corrected chi connectivity index (χ2v) is 13.2. The first kappa shape index (κ1) is 36.1. The molecule has 1 unspecified atom stereocenters. The third kappa shape index (κ3) is 8.87. The van der Waals surface area contributed by atoms with E-state index < -0.39 is 23.8 Å². The van der Waals surface area contributed by atoms with Crippen molar-refractivity contribution in [1.82, 2.24) is 25.3 Å². The van der Waals surface area contributed by atoms with Gasteiger partial charge in [-0.3, -0.25) is 14.6 Å². The van der Waals surface area contributed by atoms with Gasteiger partial charge < -0.3 is 15.5 Å². The van der Waals surface area contributed by atoms with Gasteiger partial charge in [0, 0.05) is 80.9 Å². The zero-order chi connectivity index (χ0) is 34.9. The number of amides is 1. The number of guanidine groups is 1. The van der Waals surface area contributed by atoms with Gasteiger partial charge in [0.2, 0.25) is 11.9 Å². The van der Waals surface area contributed by atoms with E-state index in [-0.39, 0.29) is 30.5 Å². The zero-order valence-electron chi connectivity index (χ0n) is 28.8. The largest absolute Gasteiger partial charge is 0.339 e. The third-order valence-corrected chi connectivity index (χ3v) is 10.1. The number of nitrogens with one attached hydrogen (secondary N) is 2. The van der Waals surface area contributed by atoms with E-state index >= 15 is 8.78 Å². The van der Waals surface area contributed by atoms with Crippen LogP contribution < -0.4 is 10.6 Å². The molecule has 3 saturated heterocycles. The molecule has 0 aromatic heterocycles. The average Bonchev–Trinajstić information content (AvgIpc) is 3.08. The number of benzene rings is 1. The van der Waals surface area contributed by atoms with E-state index in [1.807, 2.05) is 13.8 Å². The molecule has 4 aliphatic rings. The fourth-order valence-electron chi connectivity index (χ4n) is 6.89. The van der Waals surface area contributed by atoms with E-state index in [2.05, 4.69) is 49.7 Å². The normalized spacial score (nSPS) is 24.6. The molecule has 0 radical (unpaired) electrons. The van der Waals surface area contributed by atoms with E-state index in [1.54, 1.807) is 25.3 Å². The molecule has 0 spiro atoms. The number of likely N-dealkylation sites (tertiary alicyclic amines) is 1. The molecular weight excluding hydrogens is 624 g/mol. The lowest BCUT2D eigenvalue weighted by molar-refractivity contribution is -0.133. The van der Waals surface area contributed by atoms with E-state index in [0.29, 0.717) is 48.7 Å². The molecule has 3 fully saturated rings. The summed E-state index contributed by atoms with van der Waals surface area (Å²) in [6.45, 7) is 12.3. The Hall–Kier alpha value is -4.23. The van der Waals surface area contributed by atoms with Crippen molar-refractivity contribution in [2.75, 3.05) is 52.4 Å². The first-order chi connectivity index (χ1) is 23.7. The van der Waals surface area contributed by atoms with Crippen molar-refractivity contribution < 1.29 is 13.6 Å². The topological polar surface area (TPSA) is 123 Å². The summed E-state index contributed by atoms with van der Waals surface area (Å²) in [6, 6.07) is 7.94. The van der Waals surface area contributed by atoms with E-state index in [9.17, 15) is 10.1 Å². The Morgan fingerprint density at radius 1 is 1.16 bits per heavy atom.